The van der Waals surface area contributed by atoms with Gasteiger partial charge in [-0.15, -0.1) is 0 Å². The van der Waals surface area contributed by atoms with Crippen LogP contribution in [-0.4, -0.2) is 53.8 Å². The number of carbonyl (C=O) groups excluding carboxylic acids is 1. The van der Waals surface area contributed by atoms with Crippen LogP contribution in [0.5, 0.6) is 0 Å². The van der Waals surface area contributed by atoms with Crippen molar-refractivity contribution in [1.82, 2.24) is 9.88 Å². The lowest BCUT2D eigenvalue weighted by Crippen LogP contribution is -2.37. The normalized spacial score (nSPS) is 19.1. The van der Waals surface area contributed by atoms with Crippen molar-refractivity contribution in [3.63, 3.8) is 0 Å². The first-order chi connectivity index (χ1) is 11.2. The number of H-pyrrole nitrogens is 1. The van der Waals surface area contributed by atoms with Crippen molar-refractivity contribution >= 4 is 26.6 Å². The molecule has 130 valence electrons. The molecule has 0 spiro atoms. The number of benzene rings is 1. The summed E-state index contributed by atoms with van der Waals surface area (Å²) in [7, 11) is -3.72. The summed E-state index contributed by atoms with van der Waals surface area (Å²) in [5.74, 6) is -1.00. The molecule has 0 bridgehead atoms. The number of likely N-dealkylation sites (tertiary alicyclic amines) is 1. The zero-order valence-corrected chi connectivity index (χ0v) is 14.6. The molecule has 1 aromatic heterocycles. The molecule has 7 heteroatoms. The number of sulfone groups is 1. The molecule has 2 heterocycles. The number of aliphatic hydroxyl groups is 1. The zero-order chi connectivity index (χ0) is 17.5. The number of rotatable bonds is 4. The van der Waals surface area contributed by atoms with Gasteiger partial charge in [0.1, 0.15) is 10.8 Å². The fourth-order valence-corrected chi connectivity index (χ4v) is 4.34. The van der Waals surface area contributed by atoms with Crippen molar-refractivity contribution < 1.29 is 18.3 Å². The predicted octanol–water partition coefficient (Wildman–Crippen LogP) is 1.56. The summed E-state index contributed by atoms with van der Waals surface area (Å²) in [5, 5.41) is 10.9. The summed E-state index contributed by atoms with van der Waals surface area (Å²) >= 11 is 0. The summed E-state index contributed by atoms with van der Waals surface area (Å²) in [4.78, 5) is 16.8. The third-order valence-electron chi connectivity index (χ3n) is 4.69. The molecule has 6 nitrogen and oxygen atoms in total. The molecule has 0 radical (unpaired) electrons. The minimum Gasteiger partial charge on any atom is -0.390 e. The lowest BCUT2D eigenvalue weighted by molar-refractivity contribution is -0.127. The van der Waals surface area contributed by atoms with Gasteiger partial charge in [0.25, 0.3) is 0 Å². The maximum atomic E-state index is 12.5. The average Bonchev–Trinajstić information content (AvgIpc) is 3.13. The molecular formula is C17H22N2O4S. The molecule has 3 rings (SSSR count). The minimum absolute atomic E-state index is 0.0303. The van der Waals surface area contributed by atoms with Gasteiger partial charge in [-0.05, 0) is 32.4 Å². The third-order valence-corrected chi connectivity index (χ3v) is 6.21. The monoisotopic (exact) mass is 350 g/mol. The summed E-state index contributed by atoms with van der Waals surface area (Å²) in [6.07, 6.45) is 0.682. The van der Waals surface area contributed by atoms with Crippen molar-refractivity contribution in [2.75, 3.05) is 18.8 Å². The average molecular weight is 350 g/mol. The Balaban J connectivity index is 1.74. The Morgan fingerprint density at radius 2 is 2.08 bits per heavy atom. The largest absolute Gasteiger partial charge is 0.390 e. The van der Waals surface area contributed by atoms with E-state index in [1.54, 1.807) is 26.0 Å². The number of nitrogens with zero attached hydrogens (tertiary/aromatic N) is 1. The first kappa shape index (κ1) is 17.0. The molecule has 1 unspecified atom stereocenters. The summed E-state index contributed by atoms with van der Waals surface area (Å²) in [5.41, 5.74) is -0.141. The van der Waals surface area contributed by atoms with E-state index < -0.39 is 27.1 Å². The van der Waals surface area contributed by atoms with E-state index in [0.717, 1.165) is 10.9 Å². The van der Waals surface area contributed by atoms with Gasteiger partial charge in [-0.25, -0.2) is 8.42 Å². The number of hydrogen-bond donors (Lipinski definition) is 2. The van der Waals surface area contributed by atoms with Crippen LogP contribution in [-0.2, 0) is 14.6 Å². The van der Waals surface area contributed by atoms with Crippen LogP contribution in [0.3, 0.4) is 0 Å². The SMILES string of the molecule is CC(C)(O)C1CCN(C(=O)CS(=O)(=O)c2cc3ccccc3[nH]2)C1. The van der Waals surface area contributed by atoms with Crippen molar-refractivity contribution in [2.45, 2.75) is 30.9 Å². The first-order valence-electron chi connectivity index (χ1n) is 7.97. The van der Waals surface area contributed by atoms with Crippen LogP contribution in [0.2, 0.25) is 0 Å². The maximum absolute atomic E-state index is 12.5. The van der Waals surface area contributed by atoms with Crippen LogP contribution in [0.4, 0.5) is 0 Å². The summed E-state index contributed by atoms with van der Waals surface area (Å²) < 4.78 is 25.0. The Bertz CT molecular complexity index is 831. The quantitative estimate of drug-likeness (QED) is 0.875. The highest BCUT2D eigenvalue weighted by Crippen LogP contribution is 2.27. The van der Waals surface area contributed by atoms with E-state index >= 15 is 0 Å². The van der Waals surface area contributed by atoms with E-state index in [4.69, 9.17) is 0 Å². The Hall–Kier alpha value is -1.86. The Morgan fingerprint density at radius 1 is 1.38 bits per heavy atom. The zero-order valence-electron chi connectivity index (χ0n) is 13.8. The first-order valence-corrected chi connectivity index (χ1v) is 9.63. The van der Waals surface area contributed by atoms with Crippen LogP contribution in [0.15, 0.2) is 35.4 Å². The number of para-hydroxylation sites is 1. The lowest BCUT2D eigenvalue weighted by atomic mass is 9.90. The highest BCUT2D eigenvalue weighted by atomic mass is 32.2. The highest BCUT2D eigenvalue weighted by molar-refractivity contribution is 7.92. The number of carbonyl (C=O) groups is 1. The Labute approximate surface area is 141 Å². The predicted molar refractivity (Wildman–Crippen MR) is 91.3 cm³/mol. The molecule has 0 aliphatic carbocycles. The molecule has 1 aliphatic heterocycles. The van der Waals surface area contributed by atoms with Crippen LogP contribution in [0.25, 0.3) is 10.9 Å². The number of hydrogen-bond acceptors (Lipinski definition) is 4. The molecular weight excluding hydrogens is 328 g/mol. The second kappa shape index (κ2) is 5.89. The van der Waals surface area contributed by atoms with Crippen molar-refractivity contribution in [1.29, 1.82) is 0 Å². The van der Waals surface area contributed by atoms with Gasteiger partial charge in [0.05, 0.1) is 5.60 Å². The van der Waals surface area contributed by atoms with Gasteiger partial charge >= 0.3 is 0 Å². The van der Waals surface area contributed by atoms with Gasteiger partial charge in [-0.1, -0.05) is 18.2 Å². The molecule has 24 heavy (non-hydrogen) atoms. The summed E-state index contributed by atoms with van der Waals surface area (Å²) in [6.45, 7) is 4.31. The molecule has 1 fully saturated rings. The topological polar surface area (TPSA) is 90.5 Å². The standard InChI is InChI=1S/C17H22N2O4S/c1-17(2,21)13-7-8-19(10-13)16(20)11-24(22,23)15-9-12-5-3-4-6-14(12)18-15/h3-6,9,13,18,21H,7-8,10-11H2,1-2H3. The number of aromatic amines is 1. The molecule has 0 saturated carbocycles. The van der Waals surface area contributed by atoms with E-state index in [1.165, 1.54) is 4.90 Å². The molecule has 2 N–H and O–H groups in total. The van der Waals surface area contributed by atoms with Crippen molar-refractivity contribution in [2.24, 2.45) is 5.92 Å². The number of aromatic nitrogens is 1. The van der Waals surface area contributed by atoms with Gasteiger partial charge in [0, 0.05) is 29.9 Å². The van der Waals surface area contributed by atoms with Crippen LogP contribution in [0.1, 0.15) is 20.3 Å². The van der Waals surface area contributed by atoms with Crippen molar-refractivity contribution in [3.05, 3.63) is 30.3 Å². The van der Waals surface area contributed by atoms with Gasteiger partial charge in [0.15, 0.2) is 0 Å². The van der Waals surface area contributed by atoms with E-state index in [0.29, 0.717) is 19.5 Å². The Kier molecular flexibility index (Phi) is 4.17. The fraction of sp³-hybridized carbons (Fsp3) is 0.471. The molecule has 1 aliphatic rings. The summed E-state index contributed by atoms with van der Waals surface area (Å²) in [6, 6.07) is 8.83. The van der Waals surface area contributed by atoms with E-state index in [1.807, 2.05) is 18.2 Å². The smallest absolute Gasteiger partial charge is 0.238 e. The third kappa shape index (κ3) is 3.32. The second-order valence-electron chi connectivity index (χ2n) is 6.96. The second-order valence-corrected chi connectivity index (χ2v) is 8.92. The molecule has 1 saturated heterocycles. The van der Waals surface area contributed by atoms with Gasteiger partial charge in [-0.3, -0.25) is 4.79 Å². The van der Waals surface area contributed by atoms with Gasteiger partial charge in [0.2, 0.25) is 15.7 Å². The van der Waals surface area contributed by atoms with E-state index in [2.05, 4.69) is 4.98 Å². The van der Waals surface area contributed by atoms with Crippen molar-refractivity contribution in [3.8, 4) is 0 Å². The van der Waals surface area contributed by atoms with Crippen LogP contribution in [0, 0.1) is 5.92 Å². The lowest BCUT2D eigenvalue weighted by Gasteiger charge is -2.25. The molecule has 1 amide bonds. The van der Waals surface area contributed by atoms with E-state index in [-0.39, 0.29) is 10.9 Å². The number of fused-ring (bicyclic) bond motifs is 1. The molecule has 1 aromatic carbocycles. The minimum atomic E-state index is -3.72. The molecule has 1 atom stereocenters. The van der Waals surface area contributed by atoms with Gasteiger partial charge < -0.3 is 15.0 Å². The fourth-order valence-electron chi connectivity index (χ4n) is 3.11. The Morgan fingerprint density at radius 3 is 2.71 bits per heavy atom. The number of amides is 1. The maximum Gasteiger partial charge on any atom is 0.238 e. The van der Waals surface area contributed by atoms with Crippen LogP contribution < -0.4 is 0 Å². The van der Waals surface area contributed by atoms with Crippen LogP contribution >= 0.6 is 0 Å². The number of nitrogens with one attached hydrogen (secondary N) is 1. The van der Waals surface area contributed by atoms with E-state index in [9.17, 15) is 18.3 Å². The molecule has 2 aromatic rings. The van der Waals surface area contributed by atoms with Gasteiger partial charge in [-0.2, -0.15) is 0 Å². The highest BCUT2D eigenvalue weighted by Gasteiger charge is 2.36.